The zero-order chi connectivity index (χ0) is 13.3. The van der Waals surface area contributed by atoms with E-state index in [1.54, 1.807) is 0 Å². The van der Waals surface area contributed by atoms with Crippen molar-refractivity contribution in [3.8, 4) is 0 Å². The Labute approximate surface area is 116 Å². The molecule has 106 valence electrons. The summed E-state index contributed by atoms with van der Waals surface area (Å²) in [5.74, 6) is 0. The van der Waals surface area contributed by atoms with Crippen LogP contribution in [0.5, 0.6) is 0 Å². The summed E-state index contributed by atoms with van der Waals surface area (Å²) in [4.78, 5) is 2.66. The minimum absolute atomic E-state index is 0.403. The van der Waals surface area contributed by atoms with Crippen LogP contribution >= 0.6 is 0 Å². The Morgan fingerprint density at radius 1 is 1.42 bits per heavy atom. The third-order valence-electron chi connectivity index (χ3n) is 4.90. The fourth-order valence-corrected chi connectivity index (χ4v) is 3.77. The molecule has 2 heterocycles. The Kier molecular flexibility index (Phi) is 3.63. The maximum Gasteiger partial charge on any atom is 0.0764 e. The summed E-state index contributed by atoms with van der Waals surface area (Å²) in [5.41, 5.74) is 1.61. The van der Waals surface area contributed by atoms with Gasteiger partial charge in [0.05, 0.1) is 5.69 Å². The van der Waals surface area contributed by atoms with Crippen LogP contribution in [-0.2, 0) is 13.6 Å². The molecule has 1 unspecified atom stereocenters. The summed E-state index contributed by atoms with van der Waals surface area (Å²) in [7, 11) is 2.00. The van der Waals surface area contributed by atoms with E-state index in [0.29, 0.717) is 11.6 Å². The van der Waals surface area contributed by atoms with Crippen molar-refractivity contribution in [3.05, 3.63) is 18.0 Å². The number of nitrogens with zero attached hydrogens (tertiary/aromatic N) is 3. The molecule has 2 aliphatic rings. The summed E-state index contributed by atoms with van der Waals surface area (Å²) in [5, 5.41) is 8.39. The Morgan fingerprint density at radius 3 is 2.84 bits per heavy atom. The maximum absolute atomic E-state index is 4.54. The molecule has 0 amide bonds. The van der Waals surface area contributed by atoms with Crippen LogP contribution in [0.1, 0.15) is 44.7 Å². The lowest BCUT2D eigenvalue weighted by Gasteiger charge is -2.46. The van der Waals surface area contributed by atoms with Gasteiger partial charge >= 0.3 is 0 Å². The molecule has 0 radical (unpaired) electrons. The quantitative estimate of drug-likeness (QED) is 0.903. The molecule has 1 saturated carbocycles. The third-order valence-corrected chi connectivity index (χ3v) is 4.90. The average Bonchev–Trinajstić information content (AvgIpc) is 3.00. The van der Waals surface area contributed by atoms with E-state index in [1.807, 2.05) is 17.9 Å². The van der Waals surface area contributed by atoms with Gasteiger partial charge in [-0.1, -0.05) is 19.8 Å². The fraction of sp³-hybridized carbons (Fsp3) is 0.800. The first-order valence-corrected chi connectivity index (χ1v) is 7.68. The highest BCUT2D eigenvalue weighted by molar-refractivity contribution is 5.04. The molecule has 19 heavy (non-hydrogen) atoms. The number of piperazine rings is 1. The average molecular weight is 262 g/mol. The molecular weight excluding hydrogens is 236 g/mol. The van der Waals surface area contributed by atoms with Crippen LogP contribution in [0.4, 0.5) is 0 Å². The van der Waals surface area contributed by atoms with E-state index in [9.17, 15) is 0 Å². The molecule has 1 N–H and O–H groups in total. The van der Waals surface area contributed by atoms with Crippen LogP contribution in [-0.4, -0.2) is 39.4 Å². The van der Waals surface area contributed by atoms with Crippen LogP contribution in [0.15, 0.2) is 12.3 Å². The summed E-state index contributed by atoms with van der Waals surface area (Å²) in [6.07, 6.45) is 8.74. The second-order valence-corrected chi connectivity index (χ2v) is 6.32. The predicted molar refractivity (Wildman–Crippen MR) is 76.9 cm³/mol. The van der Waals surface area contributed by atoms with E-state index in [-0.39, 0.29) is 0 Å². The lowest BCUT2D eigenvalue weighted by Crippen LogP contribution is -2.62. The molecule has 2 fully saturated rings. The maximum atomic E-state index is 4.54. The second-order valence-electron chi connectivity index (χ2n) is 6.32. The van der Waals surface area contributed by atoms with Crippen molar-refractivity contribution < 1.29 is 0 Å². The molecule has 1 aromatic heterocycles. The molecule has 0 bridgehead atoms. The minimum Gasteiger partial charge on any atom is -0.308 e. The van der Waals surface area contributed by atoms with E-state index >= 15 is 0 Å². The largest absolute Gasteiger partial charge is 0.308 e. The SMILES string of the molecule is CCC1CNC2(CCCC2)CN1Cc1ccn(C)n1. The summed E-state index contributed by atoms with van der Waals surface area (Å²) in [6.45, 7) is 5.64. The predicted octanol–water partition coefficient (Wildman–Crippen LogP) is 1.92. The molecule has 1 aliphatic heterocycles. The number of nitrogens with one attached hydrogen (secondary N) is 1. The first kappa shape index (κ1) is 13.1. The second kappa shape index (κ2) is 5.25. The number of hydrogen-bond donors (Lipinski definition) is 1. The third kappa shape index (κ3) is 2.70. The highest BCUT2D eigenvalue weighted by Gasteiger charge is 2.40. The normalized spacial score (nSPS) is 27.2. The van der Waals surface area contributed by atoms with E-state index in [1.165, 1.54) is 44.3 Å². The van der Waals surface area contributed by atoms with Gasteiger partial charge in [0.2, 0.25) is 0 Å². The first-order valence-electron chi connectivity index (χ1n) is 7.68. The lowest BCUT2D eigenvalue weighted by molar-refractivity contribution is 0.0706. The summed E-state index contributed by atoms with van der Waals surface area (Å²) in [6, 6.07) is 2.81. The molecule has 1 aliphatic carbocycles. The number of rotatable bonds is 3. The van der Waals surface area contributed by atoms with E-state index < -0.39 is 0 Å². The Morgan fingerprint density at radius 2 is 2.21 bits per heavy atom. The lowest BCUT2D eigenvalue weighted by atomic mass is 9.91. The highest BCUT2D eigenvalue weighted by atomic mass is 15.3. The van der Waals surface area contributed by atoms with Crippen molar-refractivity contribution in [2.24, 2.45) is 7.05 Å². The Bertz CT molecular complexity index is 420. The van der Waals surface area contributed by atoms with Gasteiger partial charge in [-0.2, -0.15) is 5.10 Å². The van der Waals surface area contributed by atoms with Gasteiger partial charge in [-0.05, 0) is 25.3 Å². The standard InChI is InChI=1S/C15H26N4/c1-3-14-10-16-15(7-4-5-8-15)12-19(14)11-13-6-9-18(2)17-13/h6,9,14,16H,3-5,7-8,10-12H2,1-2H3. The topological polar surface area (TPSA) is 33.1 Å². The van der Waals surface area contributed by atoms with E-state index in [4.69, 9.17) is 0 Å². The van der Waals surface area contributed by atoms with Crippen molar-refractivity contribution in [1.82, 2.24) is 20.0 Å². The van der Waals surface area contributed by atoms with Crippen molar-refractivity contribution in [1.29, 1.82) is 0 Å². The Balaban J connectivity index is 1.71. The summed E-state index contributed by atoms with van der Waals surface area (Å²) < 4.78 is 1.91. The van der Waals surface area contributed by atoms with Crippen LogP contribution < -0.4 is 5.32 Å². The smallest absolute Gasteiger partial charge is 0.0764 e. The fourth-order valence-electron chi connectivity index (χ4n) is 3.77. The summed E-state index contributed by atoms with van der Waals surface area (Å²) >= 11 is 0. The van der Waals surface area contributed by atoms with Gasteiger partial charge < -0.3 is 5.32 Å². The van der Waals surface area contributed by atoms with Gasteiger partial charge in [0.15, 0.2) is 0 Å². The molecule has 0 aromatic carbocycles. The van der Waals surface area contributed by atoms with Crippen molar-refractivity contribution in [2.75, 3.05) is 13.1 Å². The van der Waals surface area contributed by atoms with Crippen LogP contribution in [0.2, 0.25) is 0 Å². The minimum atomic E-state index is 0.403. The van der Waals surface area contributed by atoms with Crippen molar-refractivity contribution in [2.45, 2.75) is 57.2 Å². The van der Waals surface area contributed by atoms with Crippen molar-refractivity contribution in [3.63, 3.8) is 0 Å². The van der Waals surface area contributed by atoms with Crippen LogP contribution in [0, 0.1) is 0 Å². The molecular formula is C15H26N4. The first-order chi connectivity index (χ1) is 9.21. The molecule has 1 saturated heterocycles. The van der Waals surface area contributed by atoms with Crippen molar-refractivity contribution >= 4 is 0 Å². The molecule has 3 rings (SSSR count). The van der Waals surface area contributed by atoms with Gasteiger partial charge in [-0.15, -0.1) is 0 Å². The monoisotopic (exact) mass is 262 g/mol. The van der Waals surface area contributed by atoms with E-state index in [0.717, 1.165) is 13.1 Å². The van der Waals surface area contributed by atoms with E-state index in [2.05, 4.69) is 28.3 Å². The highest BCUT2D eigenvalue weighted by Crippen LogP contribution is 2.34. The molecule has 1 atom stereocenters. The Hall–Kier alpha value is -0.870. The van der Waals surface area contributed by atoms with Gasteiger partial charge in [-0.25, -0.2) is 0 Å². The molecule has 1 aromatic rings. The van der Waals surface area contributed by atoms with Gasteiger partial charge in [0.1, 0.15) is 0 Å². The van der Waals surface area contributed by atoms with Gasteiger partial charge in [-0.3, -0.25) is 9.58 Å². The number of aryl methyl sites for hydroxylation is 1. The molecule has 4 nitrogen and oxygen atoms in total. The zero-order valence-electron chi connectivity index (χ0n) is 12.2. The molecule has 1 spiro atoms. The van der Waals surface area contributed by atoms with Crippen LogP contribution in [0.25, 0.3) is 0 Å². The number of aromatic nitrogens is 2. The number of hydrogen-bond acceptors (Lipinski definition) is 3. The molecule has 4 heteroatoms. The van der Waals surface area contributed by atoms with Gasteiger partial charge in [0, 0.05) is 44.5 Å². The van der Waals surface area contributed by atoms with Gasteiger partial charge in [0.25, 0.3) is 0 Å². The zero-order valence-corrected chi connectivity index (χ0v) is 12.2. The van der Waals surface area contributed by atoms with Crippen LogP contribution in [0.3, 0.4) is 0 Å².